The van der Waals surface area contributed by atoms with Crippen LogP contribution in [0, 0.1) is 11.3 Å². The first kappa shape index (κ1) is 16.5. The normalized spacial score (nSPS) is 15.0. The number of carbonyl (C=O) groups is 2. The van der Waals surface area contributed by atoms with Crippen LogP contribution in [0.25, 0.3) is 0 Å². The number of aromatic nitrogens is 1. The Morgan fingerprint density at radius 3 is 2.43 bits per heavy atom. The van der Waals surface area contributed by atoms with Crippen molar-refractivity contribution in [3.63, 3.8) is 0 Å². The Bertz CT molecular complexity index is 628. The molecule has 1 fully saturated rings. The van der Waals surface area contributed by atoms with E-state index in [-0.39, 0.29) is 17.4 Å². The predicted octanol–water partition coefficient (Wildman–Crippen LogP) is 0.269. The molecule has 0 radical (unpaired) electrons. The third-order valence-electron chi connectivity index (χ3n) is 3.67. The van der Waals surface area contributed by atoms with Crippen LogP contribution in [0.5, 0.6) is 0 Å². The van der Waals surface area contributed by atoms with Crippen LogP contribution in [-0.2, 0) is 16.1 Å². The third-order valence-corrected chi connectivity index (χ3v) is 3.67. The first-order valence-corrected chi connectivity index (χ1v) is 7.39. The van der Waals surface area contributed by atoms with Crippen molar-refractivity contribution >= 4 is 11.8 Å². The van der Waals surface area contributed by atoms with E-state index >= 15 is 0 Å². The van der Waals surface area contributed by atoms with E-state index in [0.717, 1.165) is 5.56 Å². The minimum Gasteiger partial charge on any atom is -0.386 e. The summed E-state index contributed by atoms with van der Waals surface area (Å²) in [6.45, 7) is 3.93. The van der Waals surface area contributed by atoms with Gasteiger partial charge >= 0.3 is 0 Å². The van der Waals surface area contributed by atoms with E-state index in [9.17, 15) is 14.9 Å². The Kier molecular flexibility index (Phi) is 5.69. The van der Waals surface area contributed by atoms with Crippen LogP contribution in [0.3, 0.4) is 0 Å². The number of hydrogen-bond donors (Lipinski definition) is 1. The summed E-state index contributed by atoms with van der Waals surface area (Å²) < 4.78 is 0. The quantitative estimate of drug-likeness (QED) is 0.636. The van der Waals surface area contributed by atoms with Gasteiger partial charge in [-0.05, 0) is 17.7 Å². The summed E-state index contributed by atoms with van der Waals surface area (Å²) in [6.07, 6.45) is 4.82. The molecular formula is C16H19N5O2. The number of nitrogens with one attached hydrogen (secondary N) is 1. The molecule has 1 aromatic heterocycles. The van der Waals surface area contributed by atoms with E-state index in [0.29, 0.717) is 32.7 Å². The highest BCUT2D eigenvalue weighted by molar-refractivity contribution is 5.97. The number of pyridine rings is 1. The molecule has 7 nitrogen and oxygen atoms in total. The van der Waals surface area contributed by atoms with Gasteiger partial charge in [0.2, 0.25) is 5.91 Å². The molecule has 1 aliphatic heterocycles. The minimum atomic E-state index is -0.307. The van der Waals surface area contributed by atoms with Crippen molar-refractivity contribution in [2.75, 3.05) is 26.2 Å². The molecule has 0 aliphatic carbocycles. The van der Waals surface area contributed by atoms with Gasteiger partial charge < -0.3 is 15.1 Å². The summed E-state index contributed by atoms with van der Waals surface area (Å²) in [5.41, 5.74) is 1.08. The fourth-order valence-corrected chi connectivity index (χ4v) is 2.31. The lowest BCUT2D eigenvalue weighted by Crippen LogP contribution is -2.50. The van der Waals surface area contributed by atoms with E-state index in [1.54, 1.807) is 22.2 Å². The predicted molar refractivity (Wildman–Crippen MR) is 83.6 cm³/mol. The lowest BCUT2D eigenvalue weighted by Gasteiger charge is -2.34. The summed E-state index contributed by atoms with van der Waals surface area (Å²) >= 11 is 0. The van der Waals surface area contributed by atoms with E-state index in [2.05, 4.69) is 10.3 Å². The Hall–Kier alpha value is -2.88. The number of nitrogens with zero attached hydrogens (tertiary/aromatic N) is 4. The van der Waals surface area contributed by atoms with Crippen molar-refractivity contribution in [1.82, 2.24) is 20.1 Å². The van der Waals surface area contributed by atoms with Crippen LogP contribution in [0.15, 0.2) is 36.3 Å². The van der Waals surface area contributed by atoms with Gasteiger partial charge in [0.05, 0.1) is 0 Å². The average molecular weight is 313 g/mol. The third kappa shape index (κ3) is 4.54. The van der Waals surface area contributed by atoms with E-state index in [1.165, 1.54) is 13.1 Å². The molecule has 1 N–H and O–H groups in total. The summed E-state index contributed by atoms with van der Waals surface area (Å²) in [4.78, 5) is 30.8. The highest BCUT2D eigenvalue weighted by Crippen LogP contribution is 2.07. The topological polar surface area (TPSA) is 89.3 Å². The Morgan fingerprint density at radius 2 is 1.87 bits per heavy atom. The van der Waals surface area contributed by atoms with Crippen LogP contribution in [0.4, 0.5) is 0 Å². The molecule has 23 heavy (non-hydrogen) atoms. The number of nitriles is 1. The fraction of sp³-hybridized carbons (Fsp3) is 0.375. The standard InChI is InChI=1S/C16H19N5O2/c1-13(22)20-6-8-21(9-7-20)16(23)15(10-17)12-19-11-14-2-4-18-5-3-14/h2-5,12,19H,6-9,11H2,1H3/b15-12-. The summed E-state index contributed by atoms with van der Waals surface area (Å²) in [7, 11) is 0. The summed E-state index contributed by atoms with van der Waals surface area (Å²) in [6, 6.07) is 5.65. The maximum atomic E-state index is 12.3. The van der Waals surface area contributed by atoms with Crippen LogP contribution in [0.1, 0.15) is 12.5 Å². The summed E-state index contributed by atoms with van der Waals surface area (Å²) in [5.74, 6) is -0.301. The average Bonchev–Trinajstić information content (AvgIpc) is 2.59. The molecule has 0 atom stereocenters. The Labute approximate surface area is 135 Å². The van der Waals surface area contributed by atoms with Crippen molar-refractivity contribution < 1.29 is 9.59 Å². The van der Waals surface area contributed by atoms with Gasteiger partial charge in [-0.25, -0.2) is 0 Å². The largest absolute Gasteiger partial charge is 0.386 e. The van der Waals surface area contributed by atoms with Gasteiger partial charge in [0, 0.05) is 58.2 Å². The van der Waals surface area contributed by atoms with E-state index < -0.39 is 0 Å². The second-order valence-corrected chi connectivity index (χ2v) is 5.20. The molecule has 120 valence electrons. The SMILES string of the molecule is CC(=O)N1CCN(C(=O)/C(C#N)=C\NCc2ccncc2)CC1. The van der Waals surface area contributed by atoms with Gasteiger partial charge in [-0.1, -0.05) is 0 Å². The maximum absolute atomic E-state index is 12.3. The number of rotatable bonds is 4. The van der Waals surface area contributed by atoms with Gasteiger partial charge in [-0.2, -0.15) is 5.26 Å². The highest BCUT2D eigenvalue weighted by atomic mass is 16.2. The Balaban J connectivity index is 1.90. The zero-order chi connectivity index (χ0) is 16.7. The molecule has 0 aromatic carbocycles. The first-order valence-electron chi connectivity index (χ1n) is 7.39. The second kappa shape index (κ2) is 7.94. The smallest absolute Gasteiger partial charge is 0.266 e. The van der Waals surface area contributed by atoms with Crippen LogP contribution >= 0.6 is 0 Å². The number of piperazine rings is 1. The zero-order valence-electron chi connectivity index (χ0n) is 13.0. The Morgan fingerprint density at radius 1 is 1.26 bits per heavy atom. The number of hydrogen-bond acceptors (Lipinski definition) is 5. The van der Waals surface area contributed by atoms with Gasteiger partial charge in [-0.3, -0.25) is 14.6 Å². The van der Waals surface area contributed by atoms with Crippen molar-refractivity contribution in [2.24, 2.45) is 0 Å². The van der Waals surface area contributed by atoms with Gasteiger partial charge in [0.25, 0.3) is 5.91 Å². The first-order chi connectivity index (χ1) is 11.1. The molecule has 2 amide bonds. The van der Waals surface area contributed by atoms with Gasteiger partial charge in [-0.15, -0.1) is 0 Å². The molecule has 2 heterocycles. The highest BCUT2D eigenvalue weighted by Gasteiger charge is 2.24. The maximum Gasteiger partial charge on any atom is 0.266 e. The fourth-order valence-electron chi connectivity index (χ4n) is 2.31. The van der Waals surface area contributed by atoms with Crippen molar-refractivity contribution in [2.45, 2.75) is 13.5 Å². The molecule has 0 unspecified atom stereocenters. The molecule has 7 heteroatoms. The van der Waals surface area contributed by atoms with Crippen molar-refractivity contribution in [3.8, 4) is 6.07 Å². The molecule has 1 aliphatic rings. The molecular weight excluding hydrogens is 294 g/mol. The molecule has 1 saturated heterocycles. The summed E-state index contributed by atoms with van der Waals surface area (Å²) in [5, 5.41) is 12.2. The van der Waals surface area contributed by atoms with Gasteiger partial charge in [0.15, 0.2) is 0 Å². The minimum absolute atomic E-state index is 0.00663. The molecule has 1 aromatic rings. The molecule has 0 spiro atoms. The number of amides is 2. The van der Waals surface area contributed by atoms with Crippen LogP contribution < -0.4 is 5.32 Å². The zero-order valence-corrected chi connectivity index (χ0v) is 13.0. The van der Waals surface area contributed by atoms with Gasteiger partial charge in [0.1, 0.15) is 11.6 Å². The van der Waals surface area contributed by atoms with Crippen LogP contribution in [0.2, 0.25) is 0 Å². The monoisotopic (exact) mass is 313 g/mol. The molecule has 2 rings (SSSR count). The van der Waals surface area contributed by atoms with E-state index in [4.69, 9.17) is 0 Å². The van der Waals surface area contributed by atoms with Crippen LogP contribution in [-0.4, -0.2) is 52.8 Å². The molecule has 0 saturated carbocycles. The second-order valence-electron chi connectivity index (χ2n) is 5.20. The van der Waals surface area contributed by atoms with E-state index in [1.807, 2.05) is 18.2 Å². The number of carbonyl (C=O) groups excluding carboxylic acids is 2. The van der Waals surface area contributed by atoms with Crippen molar-refractivity contribution in [1.29, 1.82) is 5.26 Å². The lowest BCUT2D eigenvalue weighted by molar-refractivity contribution is -0.136. The lowest BCUT2D eigenvalue weighted by atomic mass is 10.2. The molecule has 0 bridgehead atoms. The van der Waals surface area contributed by atoms with Crippen molar-refractivity contribution in [3.05, 3.63) is 41.9 Å².